The number of piperidine rings is 1. The highest BCUT2D eigenvalue weighted by molar-refractivity contribution is 5.80. The van der Waals surface area contributed by atoms with Gasteiger partial charge in [-0.25, -0.2) is 4.98 Å². The number of likely N-dealkylation sites (tertiary alicyclic amines) is 1. The largest absolute Gasteiger partial charge is 0.341 e. The van der Waals surface area contributed by atoms with E-state index in [0.29, 0.717) is 6.04 Å². The number of aromatic nitrogens is 2. The summed E-state index contributed by atoms with van der Waals surface area (Å²) in [4.78, 5) is 18.9. The maximum Gasteiger partial charge on any atom is 0.245 e. The lowest BCUT2D eigenvalue weighted by Gasteiger charge is -2.30. The molecule has 5 nitrogen and oxygen atoms in total. The minimum atomic E-state index is -0.145. The topological polar surface area (TPSA) is 50.2 Å². The summed E-state index contributed by atoms with van der Waals surface area (Å²) in [5, 5.41) is 3.49. The Kier molecular flexibility index (Phi) is 4.05. The molecule has 0 aromatic carbocycles. The number of amides is 1. The van der Waals surface area contributed by atoms with Gasteiger partial charge in [0.2, 0.25) is 5.91 Å². The van der Waals surface area contributed by atoms with E-state index in [4.69, 9.17) is 0 Å². The Labute approximate surface area is 120 Å². The number of carbonyl (C=O) groups excluding carboxylic acids is 1. The summed E-state index contributed by atoms with van der Waals surface area (Å²) in [6.07, 6.45) is 9.57. The molecule has 20 heavy (non-hydrogen) atoms. The van der Waals surface area contributed by atoms with Crippen LogP contribution in [-0.4, -0.2) is 40.0 Å². The molecule has 2 saturated heterocycles. The van der Waals surface area contributed by atoms with Crippen LogP contribution < -0.4 is 5.32 Å². The fourth-order valence-corrected chi connectivity index (χ4v) is 3.34. The summed E-state index contributed by atoms with van der Waals surface area (Å²) in [5.41, 5.74) is 1.15. The highest BCUT2D eigenvalue weighted by Crippen LogP contribution is 2.26. The summed E-state index contributed by atoms with van der Waals surface area (Å²) in [6, 6.07) is 0.210. The number of nitrogens with zero attached hydrogens (tertiary/aromatic N) is 3. The number of carbonyl (C=O) groups is 1. The van der Waals surface area contributed by atoms with Gasteiger partial charge in [-0.3, -0.25) is 4.79 Å². The first-order valence-corrected chi connectivity index (χ1v) is 7.81. The van der Waals surface area contributed by atoms with Crippen molar-refractivity contribution in [3.8, 4) is 0 Å². The molecule has 1 amide bonds. The van der Waals surface area contributed by atoms with Crippen molar-refractivity contribution in [2.45, 2.75) is 51.1 Å². The first-order chi connectivity index (χ1) is 9.77. The summed E-state index contributed by atoms with van der Waals surface area (Å²) >= 11 is 0. The van der Waals surface area contributed by atoms with Crippen LogP contribution in [0.1, 0.15) is 56.8 Å². The summed E-state index contributed by atoms with van der Waals surface area (Å²) in [6.45, 7) is 4.88. The highest BCUT2D eigenvalue weighted by Gasteiger charge is 2.27. The molecule has 1 aromatic heterocycles. The van der Waals surface area contributed by atoms with E-state index in [1.807, 2.05) is 24.3 Å². The third-order valence-corrected chi connectivity index (χ3v) is 4.56. The van der Waals surface area contributed by atoms with Crippen LogP contribution in [0.2, 0.25) is 0 Å². The van der Waals surface area contributed by atoms with Gasteiger partial charge in [-0.1, -0.05) is 0 Å². The fraction of sp³-hybridized carbons (Fsp3) is 0.733. The number of hydrogen-bond donors (Lipinski definition) is 1. The zero-order valence-corrected chi connectivity index (χ0v) is 12.2. The molecule has 0 saturated carbocycles. The molecule has 2 unspecified atom stereocenters. The quantitative estimate of drug-likeness (QED) is 0.917. The average Bonchev–Trinajstić information content (AvgIpc) is 3.16. The SMILES string of the molecule is CC(C(=O)N1CCCCC1)n1cncc1C1CCCN1. The zero-order valence-electron chi connectivity index (χ0n) is 12.2. The molecule has 3 rings (SSSR count). The molecular weight excluding hydrogens is 252 g/mol. The van der Waals surface area contributed by atoms with Crippen LogP contribution in [0.5, 0.6) is 0 Å². The van der Waals surface area contributed by atoms with Crippen molar-refractivity contribution in [1.29, 1.82) is 0 Å². The molecule has 2 fully saturated rings. The second-order valence-corrected chi connectivity index (χ2v) is 5.94. The Morgan fingerprint density at radius 2 is 2.15 bits per heavy atom. The molecule has 3 heterocycles. The van der Waals surface area contributed by atoms with Gasteiger partial charge in [0, 0.05) is 25.3 Å². The summed E-state index contributed by atoms with van der Waals surface area (Å²) in [7, 11) is 0. The van der Waals surface area contributed by atoms with Gasteiger partial charge in [-0.05, 0) is 45.6 Å². The Hall–Kier alpha value is -1.36. The van der Waals surface area contributed by atoms with E-state index in [1.165, 1.54) is 12.8 Å². The van der Waals surface area contributed by atoms with Crippen LogP contribution >= 0.6 is 0 Å². The third-order valence-electron chi connectivity index (χ3n) is 4.56. The highest BCUT2D eigenvalue weighted by atomic mass is 16.2. The smallest absolute Gasteiger partial charge is 0.245 e. The third kappa shape index (κ3) is 2.59. The molecule has 0 aliphatic carbocycles. The molecular formula is C15H24N4O. The van der Waals surface area contributed by atoms with E-state index in [1.54, 1.807) is 0 Å². The maximum atomic E-state index is 12.6. The van der Waals surface area contributed by atoms with Crippen molar-refractivity contribution >= 4 is 5.91 Å². The average molecular weight is 276 g/mol. The van der Waals surface area contributed by atoms with E-state index >= 15 is 0 Å². The normalized spacial score (nSPS) is 24.9. The fourth-order valence-electron chi connectivity index (χ4n) is 3.34. The minimum absolute atomic E-state index is 0.145. The van der Waals surface area contributed by atoms with E-state index in [0.717, 1.165) is 44.6 Å². The molecule has 2 aliphatic rings. The van der Waals surface area contributed by atoms with Gasteiger partial charge < -0.3 is 14.8 Å². The van der Waals surface area contributed by atoms with E-state index in [-0.39, 0.29) is 11.9 Å². The van der Waals surface area contributed by atoms with Crippen molar-refractivity contribution in [1.82, 2.24) is 19.8 Å². The molecule has 0 spiro atoms. The Bertz CT molecular complexity index is 458. The van der Waals surface area contributed by atoms with Gasteiger partial charge in [-0.2, -0.15) is 0 Å². The van der Waals surface area contributed by atoms with Gasteiger partial charge in [0.1, 0.15) is 6.04 Å². The molecule has 5 heteroatoms. The number of hydrogen-bond acceptors (Lipinski definition) is 3. The van der Waals surface area contributed by atoms with Crippen LogP contribution in [-0.2, 0) is 4.79 Å². The monoisotopic (exact) mass is 276 g/mol. The van der Waals surface area contributed by atoms with E-state index < -0.39 is 0 Å². The molecule has 2 atom stereocenters. The number of nitrogens with one attached hydrogen (secondary N) is 1. The number of imidazole rings is 1. The molecule has 1 N–H and O–H groups in total. The van der Waals surface area contributed by atoms with Crippen LogP contribution in [0, 0.1) is 0 Å². The van der Waals surface area contributed by atoms with Crippen molar-refractivity contribution in [3.05, 3.63) is 18.2 Å². The second kappa shape index (κ2) is 5.95. The van der Waals surface area contributed by atoms with Crippen molar-refractivity contribution in [2.75, 3.05) is 19.6 Å². The zero-order chi connectivity index (χ0) is 13.9. The molecule has 0 radical (unpaired) electrons. The lowest BCUT2D eigenvalue weighted by atomic mass is 10.1. The minimum Gasteiger partial charge on any atom is -0.341 e. The number of rotatable bonds is 3. The second-order valence-electron chi connectivity index (χ2n) is 5.94. The van der Waals surface area contributed by atoms with Gasteiger partial charge in [-0.15, -0.1) is 0 Å². The van der Waals surface area contributed by atoms with Crippen LogP contribution in [0.4, 0.5) is 0 Å². The standard InChI is InChI=1S/C15H24N4O/c1-12(15(20)18-8-3-2-4-9-18)19-11-16-10-14(19)13-6-5-7-17-13/h10-13,17H,2-9H2,1H3. The van der Waals surface area contributed by atoms with Crippen molar-refractivity contribution < 1.29 is 4.79 Å². The van der Waals surface area contributed by atoms with Gasteiger partial charge in [0.25, 0.3) is 0 Å². The molecule has 0 bridgehead atoms. The summed E-state index contributed by atoms with van der Waals surface area (Å²) in [5.74, 6) is 0.238. The van der Waals surface area contributed by atoms with Crippen LogP contribution in [0.3, 0.4) is 0 Å². The Balaban J connectivity index is 1.74. The predicted octanol–water partition coefficient (Wildman–Crippen LogP) is 1.88. The van der Waals surface area contributed by atoms with Crippen LogP contribution in [0.15, 0.2) is 12.5 Å². The van der Waals surface area contributed by atoms with E-state index in [9.17, 15) is 4.79 Å². The van der Waals surface area contributed by atoms with Crippen molar-refractivity contribution in [2.24, 2.45) is 0 Å². The van der Waals surface area contributed by atoms with Gasteiger partial charge in [0.05, 0.1) is 12.0 Å². The van der Waals surface area contributed by atoms with Crippen molar-refractivity contribution in [3.63, 3.8) is 0 Å². The first-order valence-electron chi connectivity index (χ1n) is 7.81. The molecule has 2 aliphatic heterocycles. The van der Waals surface area contributed by atoms with Gasteiger partial charge in [0.15, 0.2) is 0 Å². The summed E-state index contributed by atoms with van der Waals surface area (Å²) < 4.78 is 2.06. The first kappa shape index (κ1) is 13.6. The maximum absolute atomic E-state index is 12.6. The molecule has 1 aromatic rings. The Morgan fingerprint density at radius 1 is 1.35 bits per heavy atom. The van der Waals surface area contributed by atoms with Crippen LogP contribution in [0.25, 0.3) is 0 Å². The lowest BCUT2D eigenvalue weighted by Crippen LogP contribution is -2.40. The lowest BCUT2D eigenvalue weighted by molar-refractivity contribution is -0.135. The predicted molar refractivity (Wildman–Crippen MR) is 77.3 cm³/mol. The Morgan fingerprint density at radius 3 is 2.85 bits per heavy atom. The molecule has 110 valence electrons. The van der Waals surface area contributed by atoms with Gasteiger partial charge >= 0.3 is 0 Å². The van der Waals surface area contributed by atoms with E-state index in [2.05, 4.69) is 14.9 Å².